The zero-order valence-electron chi connectivity index (χ0n) is 11.3. The van der Waals surface area contributed by atoms with Gasteiger partial charge in [0.05, 0.1) is 4.90 Å². The van der Waals surface area contributed by atoms with Gasteiger partial charge in [0.25, 0.3) is 0 Å². The van der Waals surface area contributed by atoms with Gasteiger partial charge in [0.1, 0.15) is 0 Å². The lowest BCUT2D eigenvalue weighted by molar-refractivity contribution is 0.239. The minimum Gasteiger partial charge on any atom is -0.314 e. The molecule has 0 atom stereocenters. The minimum atomic E-state index is -3.42. The zero-order chi connectivity index (χ0) is 14.4. The molecular formula is C13H20ClN3O2S. The molecule has 2 N–H and O–H groups in total. The molecule has 1 fully saturated rings. The monoisotopic (exact) mass is 317 g/mol. The molecule has 20 heavy (non-hydrogen) atoms. The van der Waals surface area contributed by atoms with Crippen molar-refractivity contribution in [1.29, 1.82) is 0 Å². The maximum Gasteiger partial charge on any atom is 0.240 e. The van der Waals surface area contributed by atoms with E-state index in [1.807, 2.05) is 0 Å². The van der Waals surface area contributed by atoms with Crippen molar-refractivity contribution >= 4 is 21.6 Å². The first-order valence-electron chi connectivity index (χ1n) is 6.76. The lowest BCUT2D eigenvalue weighted by Gasteiger charge is -2.27. The summed E-state index contributed by atoms with van der Waals surface area (Å²) in [4.78, 5) is 2.59. The maximum absolute atomic E-state index is 12.0. The SMILES string of the molecule is O=S(=O)(NCCCN1CCNCC1)c1ccc(Cl)cc1. The van der Waals surface area contributed by atoms with E-state index in [-0.39, 0.29) is 4.90 Å². The zero-order valence-corrected chi connectivity index (χ0v) is 12.9. The molecule has 0 saturated carbocycles. The third-order valence-corrected chi connectivity index (χ3v) is 5.01. The molecule has 5 nitrogen and oxygen atoms in total. The number of nitrogens with one attached hydrogen (secondary N) is 2. The van der Waals surface area contributed by atoms with Gasteiger partial charge in [-0.1, -0.05) is 11.6 Å². The fraction of sp³-hybridized carbons (Fsp3) is 0.538. The molecule has 1 aromatic carbocycles. The Morgan fingerprint density at radius 1 is 1.20 bits per heavy atom. The quantitative estimate of drug-likeness (QED) is 0.766. The smallest absolute Gasteiger partial charge is 0.240 e. The first-order valence-corrected chi connectivity index (χ1v) is 8.62. The highest BCUT2D eigenvalue weighted by atomic mass is 35.5. The van der Waals surface area contributed by atoms with Gasteiger partial charge < -0.3 is 10.2 Å². The van der Waals surface area contributed by atoms with Gasteiger partial charge in [0.15, 0.2) is 0 Å². The molecule has 1 aliphatic heterocycles. The molecule has 0 amide bonds. The highest BCUT2D eigenvalue weighted by molar-refractivity contribution is 7.89. The van der Waals surface area contributed by atoms with E-state index in [1.165, 1.54) is 12.1 Å². The van der Waals surface area contributed by atoms with E-state index in [2.05, 4.69) is 14.9 Å². The van der Waals surface area contributed by atoms with Crippen LogP contribution >= 0.6 is 11.6 Å². The number of nitrogens with zero attached hydrogens (tertiary/aromatic N) is 1. The van der Waals surface area contributed by atoms with Crippen molar-refractivity contribution in [1.82, 2.24) is 14.9 Å². The highest BCUT2D eigenvalue weighted by Crippen LogP contribution is 2.13. The summed E-state index contributed by atoms with van der Waals surface area (Å²) in [5.41, 5.74) is 0. The van der Waals surface area contributed by atoms with Crippen LogP contribution in [0.25, 0.3) is 0 Å². The summed E-state index contributed by atoms with van der Waals surface area (Å²) >= 11 is 5.75. The predicted molar refractivity (Wildman–Crippen MR) is 80.6 cm³/mol. The van der Waals surface area contributed by atoms with Gasteiger partial charge >= 0.3 is 0 Å². The summed E-state index contributed by atoms with van der Waals surface area (Å²) in [6, 6.07) is 6.19. The van der Waals surface area contributed by atoms with Crippen LogP contribution in [0.2, 0.25) is 5.02 Å². The fourth-order valence-electron chi connectivity index (χ4n) is 2.14. The number of sulfonamides is 1. The third-order valence-electron chi connectivity index (χ3n) is 3.28. The second-order valence-corrected chi connectivity index (χ2v) is 7.00. The van der Waals surface area contributed by atoms with E-state index in [4.69, 9.17) is 11.6 Å². The van der Waals surface area contributed by atoms with Crippen molar-refractivity contribution in [2.24, 2.45) is 0 Å². The van der Waals surface area contributed by atoms with Crippen LogP contribution in [0.1, 0.15) is 6.42 Å². The van der Waals surface area contributed by atoms with Crippen LogP contribution in [0.5, 0.6) is 0 Å². The summed E-state index contributed by atoms with van der Waals surface area (Å²) in [5.74, 6) is 0. The van der Waals surface area contributed by atoms with Gasteiger partial charge in [-0.15, -0.1) is 0 Å². The molecule has 1 aliphatic rings. The Morgan fingerprint density at radius 3 is 2.50 bits per heavy atom. The maximum atomic E-state index is 12.0. The summed E-state index contributed by atoms with van der Waals surface area (Å²) in [5, 5.41) is 3.82. The molecule has 0 unspecified atom stereocenters. The van der Waals surface area contributed by atoms with Gasteiger partial charge in [-0.2, -0.15) is 0 Å². The second-order valence-electron chi connectivity index (χ2n) is 4.80. The van der Waals surface area contributed by atoms with Crippen LogP contribution < -0.4 is 10.0 Å². The highest BCUT2D eigenvalue weighted by Gasteiger charge is 2.13. The Balaban J connectivity index is 1.76. The molecule has 1 saturated heterocycles. The molecule has 0 bridgehead atoms. The van der Waals surface area contributed by atoms with E-state index < -0.39 is 10.0 Å². The average Bonchev–Trinajstić information content (AvgIpc) is 2.45. The van der Waals surface area contributed by atoms with Gasteiger partial charge in [0.2, 0.25) is 10.0 Å². The lowest BCUT2D eigenvalue weighted by atomic mass is 10.3. The third kappa shape index (κ3) is 4.71. The Morgan fingerprint density at radius 2 is 1.85 bits per heavy atom. The number of rotatable bonds is 6. The lowest BCUT2D eigenvalue weighted by Crippen LogP contribution is -2.44. The van der Waals surface area contributed by atoms with Crippen molar-refractivity contribution < 1.29 is 8.42 Å². The largest absolute Gasteiger partial charge is 0.314 e. The number of halogens is 1. The number of hydrogen-bond acceptors (Lipinski definition) is 4. The average molecular weight is 318 g/mol. The van der Waals surface area contributed by atoms with E-state index in [0.29, 0.717) is 11.6 Å². The molecule has 0 aromatic heterocycles. The first-order chi connectivity index (χ1) is 9.58. The normalized spacial score (nSPS) is 17.2. The molecule has 7 heteroatoms. The topological polar surface area (TPSA) is 61.4 Å². The summed E-state index contributed by atoms with van der Waals surface area (Å²) in [6.07, 6.45) is 0.812. The Hall–Kier alpha value is -0.660. The van der Waals surface area contributed by atoms with E-state index in [9.17, 15) is 8.42 Å². The van der Waals surface area contributed by atoms with Crippen molar-refractivity contribution in [2.75, 3.05) is 39.3 Å². The molecule has 0 aliphatic carbocycles. The van der Waals surface area contributed by atoms with E-state index in [1.54, 1.807) is 12.1 Å². The molecule has 0 spiro atoms. The van der Waals surface area contributed by atoms with Gasteiger partial charge in [-0.25, -0.2) is 13.1 Å². The molecular weight excluding hydrogens is 298 g/mol. The minimum absolute atomic E-state index is 0.254. The summed E-state index contributed by atoms with van der Waals surface area (Å²) in [7, 11) is -3.42. The van der Waals surface area contributed by atoms with E-state index >= 15 is 0 Å². The van der Waals surface area contributed by atoms with Crippen LogP contribution in [0, 0.1) is 0 Å². The summed E-state index contributed by atoms with van der Waals surface area (Å²) < 4.78 is 26.7. The standard InChI is InChI=1S/C13H20ClN3O2S/c14-12-2-4-13(5-3-12)20(18,19)16-6-1-9-17-10-7-15-8-11-17/h2-5,15-16H,1,6-11H2. The molecule has 1 aromatic rings. The first kappa shape index (κ1) is 15.7. The van der Waals surface area contributed by atoms with Gasteiger partial charge in [0, 0.05) is 37.7 Å². The molecule has 2 rings (SSSR count). The Kier molecular flexibility index (Phi) is 5.80. The van der Waals surface area contributed by atoms with Crippen LogP contribution in [0.3, 0.4) is 0 Å². The van der Waals surface area contributed by atoms with Crippen molar-refractivity contribution in [3.63, 3.8) is 0 Å². The van der Waals surface area contributed by atoms with Crippen LogP contribution in [-0.4, -0.2) is 52.6 Å². The number of benzene rings is 1. The second kappa shape index (κ2) is 7.38. The molecule has 112 valence electrons. The Bertz CT molecular complexity index is 513. The van der Waals surface area contributed by atoms with Crippen LogP contribution in [0.4, 0.5) is 0 Å². The van der Waals surface area contributed by atoms with Crippen LogP contribution in [0.15, 0.2) is 29.2 Å². The molecule has 0 radical (unpaired) electrons. The van der Waals surface area contributed by atoms with Crippen molar-refractivity contribution in [3.8, 4) is 0 Å². The predicted octanol–water partition coefficient (Wildman–Crippen LogP) is 0.914. The number of piperazine rings is 1. The molecule has 1 heterocycles. The van der Waals surface area contributed by atoms with Gasteiger partial charge in [-0.3, -0.25) is 0 Å². The summed E-state index contributed by atoms with van der Waals surface area (Å²) in [6.45, 7) is 5.46. The van der Waals surface area contributed by atoms with Crippen molar-refractivity contribution in [3.05, 3.63) is 29.3 Å². The van der Waals surface area contributed by atoms with Crippen molar-refractivity contribution in [2.45, 2.75) is 11.3 Å². The Labute approximate surface area is 125 Å². The number of hydrogen-bond donors (Lipinski definition) is 2. The van der Waals surface area contributed by atoms with E-state index in [0.717, 1.165) is 39.1 Å². The fourth-order valence-corrected chi connectivity index (χ4v) is 3.34. The van der Waals surface area contributed by atoms with Crippen LogP contribution in [-0.2, 0) is 10.0 Å². The van der Waals surface area contributed by atoms with Gasteiger partial charge in [-0.05, 0) is 37.2 Å².